The predicted octanol–water partition coefficient (Wildman–Crippen LogP) is 2.06. The maximum absolute atomic E-state index is 10.1. The Morgan fingerprint density at radius 2 is 2.27 bits per heavy atom. The number of pyridine rings is 1. The summed E-state index contributed by atoms with van der Waals surface area (Å²) in [5.41, 5.74) is 0.972. The fraction of sp³-hybridized carbons (Fsp3) is 0.0909. The maximum Gasteiger partial charge on any atom is 0.207 e. The van der Waals surface area contributed by atoms with E-state index in [1.165, 1.54) is 0 Å². The Kier molecular flexibility index (Phi) is 3.09. The molecule has 1 amide bonds. The molecule has 0 aliphatic rings. The van der Waals surface area contributed by atoms with Crippen LogP contribution in [-0.4, -0.2) is 11.4 Å². The molecule has 0 aliphatic carbocycles. The van der Waals surface area contributed by atoms with E-state index in [2.05, 4.69) is 10.3 Å². The molecule has 0 atom stereocenters. The van der Waals surface area contributed by atoms with Gasteiger partial charge >= 0.3 is 0 Å². The van der Waals surface area contributed by atoms with Crippen molar-refractivity contribution in [2.45, 2.75) is 6.54 Å². The van der Waals surface area contributed by atoms with Crippen molar-refractivity contribution in [1.82, 2.24) is 10.3 Å². The van der Waals surface area contributed by atoms with Crippen molar-refractivity contribution >= 4 is 17.7 Å². The molecule has 0 spiro atoms. The standard InChI is InChI=1S/C11H10N2OS/c14-8-12-7-9-4-5-11(15-9)10-3-1-2-6-13-10/h1-6,8H,7H2,(H,12,14). The largest absolute Gasteiger partial charge is 0.354 e. The summed E-state index contributed by atoms with van der Waals surface area (Å²) >= 11 is 1.64. The van der Waals surface area contributed by atoms with Crippen molar-refractivity contribution in [3.05, 3.63) is 41.4 Å². The van der Waals surface area contributed by atoms with Gasteiger partial charge < -0.3 is 5.32 Å². The van der Waals surface area contributed by atoms with E-state index in [-0.39, 0.29) is 0 Å². The molecular formula is C11H10N2OS. The number of nitrogens with one attached hydrogen (secondary N) is 1. The second-order valence-electron chi connectivity index (χ2n) is 2.98. The Labute approximate surface area is 91.8 Å². The first-order valence-corrected chi connectivity index (χ1v) is 5.39. The van der Waals surface area contributed by atoms with Gasteiger partial charge in [0.25, 0.3) is 0 Å². The van der Waals surface area contributed by atoms with Gasteiger partial charge in [-0.2, -0.15) is 0 Å². The average molecular weight is 218 g/mol. The Hall–Kier alpha value is -1.68. The lowest BCUT2D eigenvalue weighted by atomic mass is 10.3. The normalized spacial score (nSPS) is 9.87. The topological polar surface area (TPSA) is 42.0 Å². The van der Waals surface area contributed by atoms with Crippen LogP contribution < -0.4 is 5.32 Å². The van der Waals surface area contributed by atoms with Crippen LogP contribution >= 0.6 is 11.3 Å². The van der Waals surface area contributed by atoms with Crippen LogP contribution in [0.2, 0.25) is 0 Å². The molecule has 15 heavy (non-hydrogen) atoms. The first-order valence-electron chi connectivity index (χ1n) is 4.57. The third kappa shape index (κ3) is 2.41. The minimum atomic E-state index is 0.584. The molecule has 2 aromatic heterocycles. The van der Waals surface area contributed by atoms with Crippen LogP contribution in [0.5, 0.6) is 0 Å². The second-order valence-corrected chi connectivity index (χ2v) is 4.15. The molecule has 0 aliphatic heterocycles. The highest BCUT2D eigenvalue weighted by atomic mass is 32.1. The first kappa shape index (κ1) is 9.86. The zero-order valence-electron chi connectivity index (χ0n) is 8.01. The third-order valence-electron chi connectivity index (χ3n) is 1.94. The molecule has 2 aromatic rings. The summed E-state index contributed by atoms with van der Waals surface area (Å²) in [5, 5.41) is 2.64. The van der Waals surface area contributed by atoms with Crippen LogP contribution in [0.3, 0.4) is 0 Å². The SMILES string of the molecule is O=CNCc1ccc(-c2ccccn2)s1. The molecule has 3 nitrogen and oxygen atoms in total. The number of hydrogen-bond donors (Lipinski definition) is 1. The van der Waals surface area contributed by atoms with E-state index in [1.807, 2.05) is 30.3 Å². The Morgan fingerprint density at radius 3 is 3.00 bits per heavy atom. The van der Waals surface area contributed by atoms with Crippen molar-refractivity contribution in [3.63, 3.8) is 0 Å². The highest BCUT2D eigenvalue weighted by Gasteiger charge is 2.02. The molecular weight excluding hydrogens is 208 g/mol. The minimum absolute atomic E-state index is 0.584. The molecule has 2 heterocycles. The second kappa shape index (κ2) is 4.70. The quantitative estimate of drug-likeness (QED) is 0.798. The van der Waals surface area contributed by atoms with Crippen LogP contribution in [0.25, 0.3) is 10.6 Å². The lowest BCUT2D eigenvalue weighted by molar-refractivity contribution is -0.109. The van der Waals surface area contributed by atoms with Gasteiger partial charge in [0.05, 0.1) is 17.1 Å². The van der Waals surface area contributed by atoms with Gasteiger partial charge in [0.1, 0.15) is 0 Å². The summed E-state index contributed by atoms with van der Waals surface area (Å²) in [6.45, 7) is 0.584. The van der Waals surface area contributed by atoms with Crippen LogP contribution in [-0.2, 0) is 11.3 Å². The summed E-state index contributed by atoms with van der Waals surface area (Å²) in [6.07, 6.45) is 2.48. The van der Waals surface area contributed by atoms with Gasteiger partial charge in [-0.3, -0.25) is 9.78 Å². The molecule has 2 rings (SSSR count). The fourth-order valence-corrected chi connectivity index (χ4v) is 2.20. The van der Waals surface area contributed by atoms with Gasteiger partial charge in [0.15, 0.2) is 0 Å². The summed E-state index contributed by atoms with van der Waals surface area (Å²) in [5.74, 6) is 0. The smallest absolute Gasteiger partial charge is 0.207 e. The number of amides is 1. The Balaban J connectivity index is 2.17. The van der Waals surface area contributed by atoms with E-state index in [0.717, 1.165) is 15.4 Å². The first-order chi connectivity index (χ1) is 7.40. The molecule has 0 saturated heterocycles. The number of rotatable bonds is 4. The van der Waals surface area contributed by atoms with E-state index in [4.69, 9.17) is 0 Å². The summed E-state index contributed by atoms with van der Waals surface area (Å²) in [6, 6.07) is 9.86. The zero-order valence-corrected chi connectivity index (χ0v) is 8.83. The number of aromatic nitrogens is 1. The van der Waals surface area contributed by atoms with Crippen molar-refractivity contribution in [2.75, 3.05) is 0 Å². The number of hydrogen-bond acceptors (Lipinski definition) is 3. The van der Waals surface area contributed by atoms with Crippen molar-refractivity contribution in [3.8, 4) is 10.6 Å². The molecule has 1 N–H and O–H groups in total. The van der Waals surface area contributed by atoms with Gasteiger partial charge in [-0.05, 0) is 24.3 Å². The summed E-state index contributed by atoms with van der Waals surface area (Å²) < 4.78 is 0. The number of thiophene rings is 1. The molecule has 0 bridgehead atoms. The fourth-order valence-electron chi connectivity index (χ4n) is 1.26. The van der Waals surface area contributed by atoms with Gasteiger partial charge in [0.2, 0.25) is 6.41 Å². The summed E-state index contributed by atoms with van der Waals surface area (Å²) in [7, 11) is 0. The van der Waals surface area contributed by atoms with Gasteiger partial charge in [0, 0.05) is 11.1 Å². The zero-order chi connectivity index (χ0) is 10.5. The Bertz CT molecular complexity index is 439. The van der Waals surface area contributed by atoms with Crippen molar-refractivity contribution < 1.29 is 4.79 Å². The van der Waals surface area contributed by atoms with E-state index in [1.54, 1.807) is 17.5 Å². The van der Waals surface area contributed by atoms with Gasteiger partial charge in [-0.25, -0.2) is 0 Å². The average Bonchev–Trinajstić information content (AvgIpc) is 2.76. The molecule has 0 radical (unpaired) electrons. The lowest BCUT2D eigenvalue weighted by Crippen LogP contribution is -2.07. The van der Waals surface area contributed by atoms with E-state index in [0.29, 0.717) is 13.0 Å². The van der Waals surface area contributed by atoms with Crippen molar-refractivity contribution in [1.29, 1.82) is 0 Å². The molecule has 0 saturated carbocycles. The summed E-state index contributed by atoms with van der Waals surface area (Å²) in [4.78, 5) is 16.7. The van der Waals surface area contributed by atoms with Gasteiger partial charge in [-0.1, -0.05) is 6.07 Å². The van der Waals surface area contributed by atoms with E-state index < -0.39 is 0 Å². The molecule has 4 heteroatoms. The molecule has 0 unspecified atom stereocenters. The number of nitrogens with zero attached hydrogens (tertiary/aromatic N) is 1. The monoisotopic (exact) mass is 218 g/mol. The van der Waals surface area contributed by atoms with Gasteiger partial charge in [-0.15, -0.1) is 11.3 Å². The van der Waals surface area contributed by atoms with Crippen LogP contribution in [0, 0.1) is 0 Å². The molecule has 76 valence electrons. The predicted molar refractivity (Wildman–Crippen MR) is 60.5 cm³/mol. The van der Waals surface area contributed by atoms with Crippen LogP contribution in [0.1, 0.15) is 4.88 Å². The Morgan fingerprint density at radius 1 is 1.33 bits per heavy atom. The lowest BCUT2D eigenvalue weighted by Gasteiger charge is -1.94. The van der Waals surface area contributed by atoms with Crippen LogP contribution in [0.4, 0.5) is 0 Å². The van der Waals surface area contributed by atoms with E-state index >= 15 is 0 Å². The number of carbonyl (C=O) groups excluding carboxylic acids is 1. The van der Waals surface area contributed by atoms with Crippen molar-refractivity contribution in [2.24, 2.45) is 0 Å². The minimum Gasteiger partial charge on any atom is -0.354 e. The third-order valence-corrected chi connectivity index (χ3v) is 3.05. The van der Waals surface area contributed by atoms with Crippen LogP contribution in [0.15, 0.2) is 36.5 Å². The number of carbonyl (C=O) groups is 1. The highest BCUT2D eigenvalue weighted by Crippen LogP contribution is 2.25. The maximum atomic E-state index is 10.1. The molecule has 0 aromatic carbocycles. The van der Waals surface area contributed by atoms with E-state index in [9.17, 15) is 4.79 Å². The molecule has 0 fully saturated rings. The highest BCUT2D eigenvalue weighted by molar-refractivity contribution is 7.15.